The molecule has 4 nitrogen and oxygen atoms in total. The molecule has 26 heavy (non-hydrogen) atoms. The first-order valence-electron chi connectivity index (χ1n) is 8.70. The number of hydrogen-bond donors (Lipinski definition) is 0. The van der Waals surface area contributed by atoms with Crippen molar-refractivity contribution in [2.45, 2.75) is 39.0 Å². The molecule has 0 fully saturated rings. The molecular weight excluding hydrogens is 328 g/mol. The molecule has 0 bridgehead atoms. The standard InChI is InChI=1S/C22H26O4/c1-18-12-14-19(15-13-18)8-7-11-20(23)9-5-3-4-6-10-21(24)16-17-22(25)26-2/h3-6,9-10,12-15H,7-8,11,16-17H2,1-2H3. The minimum Gasteiger partial charge on any atom is -0.469 e. The number of carbonyl (C=O) groups is 3. The van der Waals surface area contributed by atoms with Crippen LogP contribution in [0, 0.1) is 6.92 Å². The monoisotopic (exact) mass is 354 g/mol. The van der Waals surface area contributed by atoms with Crippen LogP contribution in [0.1, 0.15) is 36.8 Å². The van der Waals surface area contributed by atoms with Crippen LogP contribution in [-0.2, 0) is 25.5 Å². The number of ketones is 2. The number of esters is 1. The highest BCUT2D eigenvalue weighted by molar-refractivity contribution is 5.92. The van der Waals surface area contributed by atoms with Crippen molar-refractivity contribution in [3.63, 3.8) is 0 Å². The van der Waals surface area contributed by atoms with Gasteiger partial charge in [-0.25, -0.2) is 0 Å². The molecule has 0 aliphatic heterocycles. The van der Waals surface area contributed by atoms with Crippen LogP contribution in [-0.4, -0.2) is 24.6 Å². The van der Waals surface area contributed by atoms with Gasteiger partial charge in [-0.05, 0) is 37.5 Å². The molecule has 0 unspecified atom stereocenters. The van der Waals surface area contributed by atoms with Crippen molar-refractivity contribution in [3.8, 4) is 0 Å². The van der Waals surface area contributed by atoms with Gasteiger partial charge >= 0.3 is 5.97 Å². The number of allylic oxidation sites excluding steroid dienone is 6. The van der Waals surface area contributed by atoms with E-state index in [4.69, 9.17) is 0 Å². The maximum Gasteiger partial charge on any atom is 0.305 e. The average molecular weight is 354 g/mol. The Morgan fingerprint density at radius 2 is 1.42 bits per heavy atom. The van der Waals surface area contributed by atoms with Crippen LogP contribution in [0.15, 0.2) is 60.7 Å². The fraction of sp³-hybridized carbons (Fsp3) is 0.318. The molecule has 138 valence electrons. The van der Waals surface area contributed by atoms with Gasteiger partial charge in [-0.15, -0.1) is 0 Å². The van der Waals surface area contributed by atoms with Gasteiger partial charge in [0.15, 0.2) is 11.6 Å². The SMILES string of the molecule is COC(=O)CCC(=O)C=CC=CC=CC(=O)CCCc1ccc(C)cc1. The van der Waals surface area contributed by atoms with Gasteiger partial charge in [-0.2, -0.15) is 0 Å². The molecule has 0 atom stereocenters. The quantitative estimate of drug-likeness (QED) is 0.341. The summed E-state index contributed by atoms with van der Waals surface area (Å²) in [6, 6.07) is 8.35. The zero-order valence-corrected chi connectivity index (χ0v) is 15.4. The number of aryl methyl sites for hydroxylation is 2. The Hall–Kier alpha value is -2.75. The minimum absolute atomic E-state index is 0.0832. The third-order valence-electron chi connectivity index (χ3n) is 3.71. The summed E-state index contributed by atoms with van der Waals surface area (Å²) >= 11 is 0. The van der Waals surface area contributed by atoms with Crippen molar-refractivity contribution >= 4 is 17.5 Å². The van der Waals surface area contributed by atoms with Crippen LogP contribution < -0.4 is 0 Å². The van der Waals surface area contributed by atoms with E-state index in [-0.39, 0.29) is 24.4 Å². The van der Waals surface area contributed by atoms with E-state index in [2.05, 4.69) is 35.9 Å². The Bertz CT molecular complexity index is 679. The lowest BCUT2D eigenvalue weighted by Gasteiger charge is -2.00. The molecule has 0 aromatic heterocycles. The van der Waals surface area contributed by atoms with E-state index in [1.807, 2.05) is 0 Å². The molecule has 1 aromatic carbocycles. The lowest BCUT2D eigenvalue weighted by molar-refractivity contribution is -0.141. The van der Waals surface area contributed by atoms with Crippen LogP contribution in [0.2, 0.25) is 0 Å². The normalized spacial score (nSPS) is 11.5. The van der Waals surface area contributed by atoms with Crippen molar-refractivity contribution < 1.29 is 19.1 Å². The van der Waals surface area contributed by atoms with Crippen molar-refractivity contribution in [2.24, 2.45) is 0 Å². The Balaban J connectivity index is 2.21. The van der Waals surface area contributed by atoms with Crippen LogP contribution >= 0.6 is 0 Å². The first-order chi connectivity index (χ1) is 12.5. The molecule has 0 radical (unpaired) electrons. The van der Waals surface area contributed by atoms with E-state index < -0.39 is 5.97 Å². The van der Waals surface area contributed by atoms with Crippen LogP contribution in [0.3, 0.4) is 0 Å². The molecule has 4 heteroatoms. The topological polar surface area (TPSA) is 60.4 Å². The molecule has 1 rings (SSSR count). The van der Waals surface area contributed by atoms with E-state index in [0.29, 0.717) is 6.42 Å². The molecule has 0 saturated carbocycles. The lowest BCUT2D eigenvalue weighted by atomic mass is 10.1. The molecule has 1 aromatic rings. The van der Waals surface area contributed by atoms with Gasteiger partial charge in [-0.3, -0.25) is 14.4 Å². The highest BCUT2D eigenvalue weighted by Crippen LogP contribution is 2.07. The minimum atomic E-state index is -0.397. The fourth-order valence-electron chi connectivity index (χ4n) is 2.17. The second-order valence-corrected chi connectivity index (χ2v) is 5.95. The van der Waals surface area contributed by atoms with Crippen molar-refractivity contribution in [2.75, 3.05) is 7.11 Å². The third kappa shape index (κ3) is 10.2. The lowest BCUT2D eigenvalue weighted by Crippen LogP contribution is -2.03. The summed E-state index contributed by atoms with van der Waals surface area (Å²) in [4.78, 5) is 34.1. The highest BCUT2D eigenvalue weighted by Gasteiger charge is 2.03. The Kier molecular flexibility index (Phi) is 10.3. The Morgan fingerprint density at radius 3 is 2.00 bits per heavy atom. The largest absolute Gasteiger partial charge is 0.469 e. The molecule has 0 spiro atoms. The molecule has 0 aliphatic rings. The molecule has 0 aliphatic carbocycles. The smallest absolute Gasteiger partial charge is 0.305 e. The Labute approximate surface area is 155 Å². The van der Waals surface area contributed by atoms with E-state index in [0.717, 1.165) is 12.8 Å². The van der Waals surface area contributed by atoms with Gasteiger partial charge < -0.3 is 4.74 Å². The van der Waals surface area contributed by atoms with Gasteiger partial charge in [0, 0.05) is 12.8 Å². The van der Waals surface area contributed by atoms with Gasteiger partial charge in [0.1, 0.15) is 0 Å². The average Bonchev–Trinajstić information content (AvgIpc) is 2.64. The van der Waals surface area contributed by atoms with Crippen molar-refractivity contribution in [1.82, 2.24) is 0 Å². The number of hydrogen-bond acceptors (Lipinski definition) is 4. The second kappa shape index (κ2) is 12.6. The predicted molar refractivity (Wildman–Crippen MR) is 103 cm³/mol. The van der Waals surface area contributed by atoms with Crippen molar-refractivity contribution in [1.29, 1.82) is 0 Å². The number of benzene rings is 1. The summed E-state index contributed by atoms with van der Waals surface area (Å²) in [5.41, 5.74) is 2.48. The van der Waals surface area contributed by atoms with E-state index >= 15 is 0 Å². The molecular formula is C22H26O4. The summed E-state index contributed by atoms with van der Waals surface area (Å²) in [7, 11) is 1.29. The fourth-order valence-corrected chi connectivity index (χ4v) is 2.17. The summed E-state index contributed by atoms with van der Waals surface area (Å²) in [6.07, 6.45) is 12.0. The summed E-state index contributed by atoms with van der Waals surface area (Å²) in [5, 5.41) is 0. The first kappa shape index (κ1) is 21.3. The van der Waals surface area contributed by atoms with Crippen LogP contribution in [0.25, 0.3) is 0 Å². The third-order valence-corrected chi connectivity index (χ3v) is 3.71. The molecule has 0 amide bonds. The van der Waals surface area contributed by atoms with E-state index in [9.17, 15) is 14.4 Å². The zero-order chi connectivity index (χ0) is 19.2. The summed E-state index contributed by atoms with van der Waals surface area (Å²) < 4.78 is 4.47. The number of ether oxygens (including phenoxy) is 1. The predicted octanol–water partition coefficient (Wildman–Crippen LogP) is 4.08. The first-order valence-corrected chi connectivity index (χ1v) is 8.70. The number of rotatable bonds is 11. The van der Waals surface area contributed by atoms with Gasteiger partial charge in [0.2, 0.25) is 0 Å². The maximum atomic E-state index is 11.8. The van der Waals surface area contributed by atoms with Crippen LogP contribution in [0.4, 0.5) is 0 Å². The number of methoxy groups -OCH3 is 1. The maximum absolute atomic E-state index is 11.8. The van der Waals surface area contributed by atoms with Gasteiger partial charge in [-0.1, -0.05) is 54.1 Å². The summed E-state index contributed by atoms with van der Waals surface area (Å²) in [5.74, 6) is -0.456. The molecule has 0 saturated heterocycles. The Morgan fingerprint density at radius 1 is 0.846 bits per heavy atom. The van der Waals surface area contributed by atoms with E-state index in [1.54, 1.807) is 30.4 Å². The summed E-state index contributed by atoms with van der Waals surface area (Å²) in [6.45, 7) is 2.05. The second-order valence-electron chi connectivity index (χ2n) is 5.95. The molecule has 0 heterocycles. The number of carbonyl (C=O) groups excluding carboxylic acids is 3. The van der Waals surface area contributed by atoms with Gasteiger partial charge in [0.25, 0.3) is 0 Å². The van der Waals surface area contributed by atoms with Gasteiger partial charge in [0.05, 0.1) is 13.5 Å². The highest BCUT2D eigenvalue weighted by atomic mass is 16.5. The zero-order valence-electron chi connectivity index (χ0n) is 15.4. The van der Waals surface area contributed by atoms with Crippen molar-refractivity contribution in [3.05, 3.63) is 71.8 Å². The van der Waals surface area contributed by atoms with Crippen LogP contribution in [0.5, 0.6) is 0 Å². The molecule has 0 N–H and O–H groups in total. The van der Waals surface area contributed by atoms with E-state index in [1.165, 1.54) is 24.3 Å².